The van der Waals surface area contributed by atoms with Gasteiger partial charge in [0.05, 0.1) is 26.9 Å². The van der Waals surface area contributed by atoms with Crippen LogP contribution in [0, 0.1) is 0 Å². The number of aromatic nitrogens is 3. The summed E-state index contributed by atoms with van der Waals surface area (Å²) in [5.41, 5.74) is 9.07. The van der Waals surface area contributed by atoms with E-state index in [2.05, 4.69) is 156 Å². The number of hydrogen-bond donors (Lipinski definition) is 0. The lowest BCUT2D eigenvalue weighted by molar-refractivity contribution is 0.669. The molecule has 0 radical (unpaired) electrons. The van der Waals surface area contributed by atoms with Gasteiger partial charge in [0.1, 0.15) is 11.2 Å². The first-order valence-corrected chi connectivity index (χ1v) is 18.7. The second-order valence-corrected chi connectivity index (χ2v) is 14.7. The summed E-state index contributed by atoms with van der Waals surface area (Å²) in [4.78, 5) is 11.1. The van der Waals surface area contributed by atoms with E-state index in [1.165, 1.54) is 26.2 Å². The van der Waals surface area contributed by atoms with Crippen molar-refractivity contribution < 1.29 is 4.42 Å². The molecule has 53 heavy (non-hydrogen) atoms. The standard InChI is InChI=1S/C48H27N3OS/c1-2-13-28(14-3-1)43-47-44(37-20-9-11-24-41(37)53-47)50-48(49-43)51-45-30(29-25-26-34-33-17-8-10-23-39(33)52-40(34)27-29)21-12-22-38(45)42-35-18-6-4-15-31(35)32-16-5-7-19-36(32)46(42)51/h1-27H. The van der Waals surface area contributed by atoms with Gasteiger partial charge in [-0.15, -0.1) is 11.3 Å². The summed E-state index contributed by atoms with van der Waals surface area (Å²) < 4.78 is 11.1. The Balaban J connectivity index is 1.29. The van der Waals surface area contributed by atoms with Crippen LogP contribution in [-0.2, 0) is 0 Å². The Morgan fingerprint density at radius 2 is 1.11 bits per heavy atom. The van der Waals surface area contributed by atoms with E-state index < -0.39 is 0 Å². The van der Waals surface area contributed by atoms with Crippen molar-refractivity contribution in [2.75, 3.05) is 0 Å². The Labute approximate surface area is 306 Å². The highest BCUT2D eigenvalue weighted by atomic mass is 32.1. The molecular weight excluding hydrogens is 667 g/mol. The van der Waals surface area contributed by atoms with Crippen LogP contribution in [0.15, 0.2) is 168 Å². The molecule has 0 aliphatic rings. The average molecular weight is 694 g/mol. The predicted octanol–water partition coefficient (Wildman–Crippen LogP) is 13.5. The third-order valence-corrected chi connectivity index (χ3v) is 12.0. The van der Waals surface area contributed by atoms with E-state index in [4.69, 9.17) is 14.4 Å². The van der Waals surface area contributed by atoms with E-state index in [0.29, 0.717) is 5.95 Å². The highest BCUT2D eigenvalue weighted by Crippen LogP contribution is 2.46. The second-order valence-electron chi connectivity index (χ2n) is 13.7. The van der Waals surface area contributed by atoms with Gasteiger partial charge in [0.2, 0.25) is 5.95 Å². The number of para-hydroxylation sites is 2. The number of hydrogen-bond acceptors (Lipinski definition) is 4. The van der Waals surface area contributed by atoms with Crippen LogP contribution in [0.3, 0.4) is 0 Å². The summed E-state index contributed by atoms with van der Waals surface area (Å²) >= 11 is 1.76. The molecule has 0 unspecified atom stereocenters. The van der Waals surface area contributed by atoms with Crippen LogP contribution in [0.4, 0.5) is 0 Å². The van der Waals surface area contributed by atoms with Gasteiger partial charge < -0.3 is 4.42 Å². The quantitative estimate of drug-likeness (QED) is 0.173. The zero-order valence-electron chi connectivity index (χ0n) is 28.2. The van der Waals surface area contributed by atoms with Crippen molar-refractivity contribution in [1.82, 2.24) is 14.5 Å². The molecule has 12 aromatic rings. The zero-order valence-corrected chi connectivity index (χ0v) is 29.1. The van der Waals surface area contributed by atoms with Crippen molar-refractivity contribution in [3.8, 4) is 28.3 Å². The number of nitrogens with zero attached hydrogens (tertiary/aromatic N) is 3. The van der Waals surface area contributed by atoms with Crippen LogP contribution >= 0.6 is 11.3 Å². The fourth-order valence-electron chi connectivity index (χ4n) is 8.52. The van der Waals surface area contributed by atoms with Crippen molar-refractivity contribution in [3.63, 3.8) is 0 Å². The smallest absolute Gasteiger partial charge is 0.235 e. The molecule has 0 saturated carbocycles. The minimum atomic E-state index is 0.651. The highest BCUT2D eigenvalue weighted by Gasteiger charge is 2.25. The molecule has 5 heteroatoms. The summed E-state index contributed by atoms with van der Waals surface area (Å²) in [6, 6.07) is 58.2. The Hall–Kier alpha value is -6.82. The van der Waals surface area contributed by atoms with Crippen molar-refractivity contribution in [2.24, 2.45) is 0 Å². The van der Waals surface area contributed by atoms with Crippen molar-refractivity contribution in [3.05, 3.63) is 164 Å². The monoisotopic (exact) mass is 693 g/mol. The molecule has 4 heterocycles. The Bertz CT molecular complexity index is 3460. The number of fused-ring (bicyclic) bond motifs is 14. The highest BCUT2D eigenvalue weighted by molar-refractivity contribution is 7.26. The first kappa shape index (κ1) is 28.8. The molecule has 4 nitrogen and oxygen atoms in total. The van der Waals surface area contributed by atoms with Gasteiger partial charge in [-0.25, -0.2) is 9.97 Å². The number of furan rings is 1. The molecule has 0 spiro atoms. The molecule has 0 aliphatic heterocycles. The van der Waals surface area contributed by atoms with Crippen molar-refractivity contribution >= 4 is 96.9 Å². The van der Waals surface area contributed by atoms with Gasteiger partial charge in [-0.3, -0.25) is 4.57 Å². The SMILES string of the molecule is c1ccc(-c2nc(-n3c4c(-c5ccc6c(c5)oc5ccccc56)cccc4c4c5ccccc5c5ccccc5c43)nc3c2sc2ccccc23)cc1. The fourth-order valence-corrected chi connectivity index (χ4v) is 9.68. The van der Waals surface area contributed by atoms with Crippen LogP contribution in [0.25, 0.3) is 114 Å². The lowest BCUT2D eigenvalue weighted by atomic mass is 9.96. The normalized spacial score (nSPS) is 12.2. The third-order valence-electron chi connectivity index (χ3n) is 10.8. The van der Waals surface area contributed by atoms with E-state index in [1.807, 2.05) is 12.1 Å². The predicted molar refractivity (Wildman–Crippen MR) is 222 cm³/mol. The minimum Gasteiger partial charge on any atom is -0.456 e. The lowest BCUT2D eigenvalue weighted by Crippen LogP contribution is -2.04. The number of thiophene rings is 1. The fraction of sp³-hybridized carbons (Fsp3) is 0. The summed E-state index contributed by atoms with van der Waals surface area (Å²) in [6.07, 6.45) is 0. The maximum Gasteiger partial charge on any atom is 0.235 e. The van der Waals surface area contributed by atoms with Crippen molar-refractivity contribution in [2.45, 2.75) is 0 Å². The number of rotatable bonds is 3. The molecule has 0 amide bonds. The van der Waals surface area contributed by atoms with Gasteiger partial charge in [-0.2, -0.15) is 0 Å². The molecule has 0 atom stereocenters. The summed E-state index contributed by atoms with van der Waals surface area (Å²) in [5.74, 6) is 0.651. The molecule has 12 rings (SSSR count). The minimum absolute atomic E-state index is 0.651. The van der Waals surface area contributed by atoms with Crippen LogP contribution in [0.1, 0.15) is 0 Å². The molecule has 4 aromatic heterocycles. The van der Waals surface area contributed by atoms with Gasteiger partial charge in [0.25, 0.3) is 0 Å². The van der Waals surface area contributed by atoms with E-state index in [9.17, 15) is 0 Å². The topological polar surface area (TPSA) is 43.9 Å². The van der Waals surface area contributed by atoms with E-state index in [0.717, 1.165) is 81.7 Å². The molecule has 0 bridgehead atoms. The van der Waals surface area contributed by atoms with E-state index >= 15 is 0 Å². The number of benzene rings is 8. The Kier molecular flexibility index (Phi) is 5.90. The van der Waals surface area contributed by atoms with Crippen LogP contribution < -0.4 is 0 Å². The molecular formula is C48H27N3OS. The van der Waals surface area contributed by atoms with E-state index in [-0.39, 0.29) is 0 Å². The average Bonchev–Trinajstić information content (AvgIpc) is 3.90. The van der Waals surface area contributed by atoms with Crippen LogP contribution in [-0.4, -0.2) is 14.5 Å². The summed E-state index contributed by atoms with van der Waals surface area (Å²) in [6.45, 7) is 0. The molecule has 8 aromatic carbocycles. The summed E-state index contributed by atoms with van der Waals surface area (Å²) in [7, 11) is 0. The first-order chi connectivity index (χ1) is 26.3. The van der Waals surface area contributed by atoms with Gasteiger partial charge in [-0.1, -0.05) is 140 Å². The van der Waals surface area contributed by atoms with Crippen LogP contribution in [0.5, 0.6) is 0 Å². The maximum absolute atomic E-state index is 6.43. The van der Waals surface area contributed by atoms with Gasteiger partial charge in [-0.05, 0) is 46.0 Å². The largest absolute Gasteiger partial charge is 0.456 e. The first-order valence-electron chi connectivity index (χ1n) is 17.8. The van der Waals surface area contributed by atoms with Gasteiger partial charge in [0.15, 0.2) is 0 Å². The molecule has 0 fully saturated rings. The van der Waals surface area contributed by atoms with Gasteiger partial charge >= 0.3 is 0 Å². The molecule has 0 saturated heterocycles. The maximum atomic E-state index is 6.43. The Morgan fingerprint density at radius 1 is 0.453 bits per heavy atom. The summed E-state index contributed by atoms with van der Waals surface area (Å²) in [5, 5.41) is 10.5. The van der Waals surface area contributed by atoms with Crippen LogP contribution in [0.2, 0.25) is 0 Å². The third kappa shape index (κ3) is 4.05. The molecule has 0 N–H and O–H groups in total. The Morgan fingerprint density at radius 3 is 1.96 bits per heavy atom. The molecule has 0 aliphatic carbocycles. The second kappa shape index (κ2) is 10.8. The lowest BCUT2D eigenvalue weighted by Gasteiger charge is -2.14. The van der Waals surface area contributed by atoms with E-state index in [1.54, 1.807) is 11.3 Å². The zero-order chi connectivity index (χ0) is 34.6. The molecule has 246 valence electrons. The van der Waals surface area contributed by atoms with Crippen molar-refractivity contribution in [1.29, 1.82) is 0 Å². The van der Waals surface area contributed by atoms with Gasteiger partial charge in [0, 0.05) is 48.1 Å².